The molecule has 0 saturated heterocycles. The van der Waals surface area contributed by atoms with E-state index in [1.165, 1.54) is 0 Å². The minimum absolute atomic E-state index is 0.0762. The van der Waals surface area contributed by atoms with Gasteiger partial charge in [-0.1, -0.05) is 25.1 Å². The molecule has 2 aromatic rings. The van der Waals surface area contributed by atoms with Crippen LogP contribution in [0.2, 0.25) is 0 Å². The van der Waals surface area contributed by atoms with Gasteiger partial charge in [-0.15, -0.1) is 0 Å². The highest BCUT2D eigenvalue weighted by Crippen LogP contribution is 2.14. The Kier molecular flexibility index (Phi) is 3.60. The first-order valence-electron chi connectivity index (χ1n) is 5.79. The van der Waals surface area contributed by atoms with Crippen molar-refractivity contribution < 1.29 is 4.79 Å². The van der Waals surface area contributed by atoms with Gasteiger partial charge >= 0.3 is 0 Å². The zero-order valence-corrected chi connectivity index (χ0v) is 9.89. The van der Waals surface area contributed by atoms with Crippen molar-refractivity contribution in [3.05, 3.63) is 54.4 Å². The van der Waals surface area contributed by atoms with Gasteiger partial charge in [0.2, 0.25) is 5.91 Å². The maximum atomic E-state index is 11.3. The minimum atomic E-state index is 0.0762. The van der Waals surface area contributed by atoms with Gasteiger partial charge in [-0.25, -0.2) is 0 Å². The van der Waals surface area contributed by atoms with Crippen molar-refractivity contribution in [2.24, 2.45) is 0 Å². The van der Waals surface area contributed by atoms with Crippen molar-refractivity contribution in [2.45, 2.75) is 19.9 Å². The molecular formula is C14H16N2O. The van der Waals surface area contributed by atoms with Gasteiger partial charge in [0.25, 0.3) is 0 Å². The second kappa shape index (κ2) is 5.34. The molecule has 1 amide bonds. The van der Waals surface area contributed by atoms with Crippen LogP contribution in [0.4, 0.5) is 0 Å². The average molecular weight is 228 g/mol. The Balaban J connectivity index is 2.20. The van der Waals surface area contributed by atoms with Crippen molar-refractivity contribution in [2.75, 3.05) is 0 Å². The van der Waals surface area contributed by atoms with E-state index in [-0.39, 0.29) is 5.91 Å². The summed E-state index contributed by atoms with van der Waals surface area (Å²) in [5, 5.41) is 2.90. The van der Waals surface area contributed by atoms with Crippen LogP contribution in [0.5, 0.6) is 0 Å². The van der Waals surface area contributed by atoms with E-state index in [0.29, 0.717) is 13.0 Å². The number of amides is 1. The van der Waals surface area contributed by atoms with E-state index >= 15 is 0 Å². The lowest BCUT2D eigenvalue weighted by atomic mass is 10.1. The second-order valence-electron chi connectivity index (χ2n) is 3.85. The second-order valence-corrected chi connectivity index (χ2v) is 3.85. The third kappa shape index (κ3) is 2.75. The number of nitrogens with zero attached hydrogens (tertiary/aromatic N) is 1. The molecule has 0 radical (unpaired) electrons. The molecule has 3 heteroatoms. The molecule has 0 bridgehead atoms. The molecule has 1 heterocycles. The number of carbonyl (C=O) groups excluding carboxylic acids is 1. The summed E-state index contributed by atoms with van der Waals surface area (Å²) in [6.07, 6.45) is 4.52. The van der Waals surface area contributed by atoms with Crippen molar-refractivity contribution >= 4 is 5.91 Å². The number of rotatable bonds is 4. The van der Waals surface area contributed by atoms with E-state index in [4.69, 9.17) is 0 Å². The van der Waals surface area contributed by atoms with Crippen molar-refractivity contribution in [1.82, 2.24) is 9.88 Å². The van der Waals surface area contributed by atoms with Crippen LogP contribution in [0.3, 0.4) is 0 Å². The molecule has 1 N–H and O–H groups in total. The third-order valence-corrected chi connectivity index (χ3v) is 2.67. The lowest BCUT2D eigenvalue weighted by Crippen LogP contribution is -2.22. The standard InChI is InChI=1S/C14H16N2O/c1-2-14(17)15-11-12-7-3-4-8-13(12)16-9-5-6-10-16/h3-10H,2,11H2,1H3,(H,15,17). The van der Waals surface area contributed by atoms with Gasteiger partial charge in [-0.3, -0.25) is 4.79 Å². The summed E-state index contributed by atoms with van der Waals surface area (Å²) in [6.45, 7) is 2.42. The highest BCUT2D eigenvalue weighted by Gasteiger charge is 2.04. The predicted octanol–water partition coefficient (Wildman–Crippen LogP) is 2.50. The molecule has 0 saturated carbocycles. The van der Waals surface area contributed by atoms with Crippen LogP contribution in [-0.4, -0.2) is 10.5 Å². The summed E-state index contributed by atoms with van der Waals surface area (Å²) in [7, 11) is 0. The van der Waals surface area contributed by atoms with Gasteiger partial charge in [0.1, 0.15) is 0 Å². The molecule has 3 nitrogen and oxygen atoms in total. The van der Waals surface area contributed by atoms with Gasteiger partial charge in [0, 0.05) is 31.0 Å². The predicted molar refractivity (Wildman–Crippen MR) is 67.9 cm³/mol. The Morgan fingerprint density at radius 3 is 2.59 bits per heavy atom. The van der Waals surface area contributed by atoms with Crippen LogP contribution >= 0.6 is 0 Å². The normalized spacial score (nSPS) is 10.2. The Morgan fingerprint density at radius 1 is 1.18 bits per heavy atom. The molecule has 17 heavy (non-hydrogen) atoms. The van der Waals surface area contributed by atoms with E-state index in [1.807, 2.05) is 60.3 Å². The smallest absolute Gasteiger partial charge is 0.219 e. The SMILES string of the molecule is CCC(=O)NCc1ccccc1-n1cccc1. The van der Waals surface area contributed by atoms with E-state index in [9.17, 15) is 4.79 Å². The fraction of sp³-hybridized carbons (Fsp3) is 0.214. The first-order valence-corrected chi connectivity index (χ1v) is 5.79. The van der Waals surface area contributed by atoms with Gasteiger partial charge in [0.15, 0.2) is 0 Å². The Labute approximate surface area is 101 Å². The quantitative estimate of drug-likeness (QED) is 0.857. The number of benzene rings is 1. The summed E-state index contributed by atoms with van der Waals surface area (Å²) < 4.78 is 2.05. The molecule has 0 aliphatic heterocycles. The topological polar surface area (TPSA) is 34.0 Å². The van der Waals surface area contributed by atoms with E-state index in [2.05, 4.69) is 5.32 Å². The molecular weight excluding hydrogens is 212 g/mol. The molecule has 0 aliphatic rings. The first-order chi connectivity index (χ1) is 8.31. The summed E-state index contributed by atoms with van der Waals surface area (Å²) in [6, 6.07) is 12.0. The van der Waals surface area contributed by atoms with Crippen LogP contribution < -0.4 is 5.32 Å². The van der Waals surface area contributed by atoms with E-state index in [1.54, 1.807) is 0 Å². The number of carbonyl (C=O) groups is 1. The Bertz CT molecular complexity index is 489. The van der Waals surface area contributed by atoms with Crippen LogP contribution in [0.25, 0.3) is 5.69 Å². The lowest BCUT2D eigenvalue weighted by molar-refractivity contribution is -0.120. The average Bonchev–Trinajstić information content (AvgIpc) is 2.90. The largest absolute Gasteiger partial charge is 0.352 e. The minimum Gasteiger partial charge on any atom is -0.352 e. The third-order valence-electron chi connectivity index (χ3n) is 2.67. The van der Waals surface area contributed by atoms with Crippen LogP contribution in [0.1, 0.15) is 18.9 Å². The number of para-hydroxylation sites is 1. The van der Waals surface area contributed by atoms with Gasteiger partial charge in [-0.2, -0.15) is 0 Å². The van der Waals surface area contributed by atoms with Gasteiger partial charge in [-0.05, 0) is 23.8 Å². The summed E-state index contributed by atoms with van der Waals surface area (Å²) in [5.74, 6) is 0.0762. The highest BCUT2D eigenvalue weighted by molar-refractivity contribution is 5.75. The van der Waals surface area contributed by atoms with Gasteiger partial charge < -0.3 is 9.88 Å². The molecule has 0 atom stereocenters. The van der Waals surface area contributed by atoms with Crippen LogP contribution in [-0.2, 0) is 11.3 Å². The Morgan fingerprint density at radius 2 is 1.88 bits per heavy atom. The van der Waals surface area contributed by atoms with Crippen molar-refractivity contribution in [3.8, 4) is 5.69 Å². The molecule has 1 aromatic carbocycles. The van der Waals surface area contributed by atoms with Crippen molar-refractivity contribution in [3.63, 3.8) is 0 Å². The molecule has 1 aromatic heterocycles. The maximum absolute atomic E-state index is 11.3. The summed E-state index contributed by atoms with van der Waals surface area (Å²) in [5.41, 5.74) is 2.22. The van der Waals surface area contributed by atoms with Gasteiger partial charge in [0.05, 0.1) is 0 Å². The fourth-order valence-electron chi connectivity index (χ4n) is 1.73. The van der Waals surface area contributed by atoms with Crippen LogP contribution in [0.15, 0.2) is 48.8 Å². The molecule has 0 unspecified atom stereocenters. The molecule has 0 aliphatic carbocycles. The zero-order valence-electron chi connectivity index (χ0n) is 9.89. The van der Waals surface area contributed by atoms with E-state index in [0.717, 1.165) is 11.3 Å². The molecule has 0 spiro atoms. The molecule has 0 fully saturated rings. The number of nitrogens with one attached hydrogen (secondary N) is 1. The van der Waals surface area contributed by atoms with Crippen molar-refractivity contribution in [1.29, 1.82) is 0 Å². The fourth-order valence-corrected chi connectivity index (χ4v) is 1.73. The Hall–Kier alpha value is -2.03. The van der Waals surface area contributed by atoms with Crippen LogP contribution in [0, 0.1) is 0 Å². The zero-order chi connectivity index (χ0) is 12.1. The number of aromatic nitrogens is 1. The molecule has 2 rings (SSSR count). The summed E-state index contributed by atoms with van der Waals surface area (Å²) >= 11 is 0. The number of hydrogen-bond donors (Lipinski definition) is 1. The molecule has 88 valence electrons. The highest BCUT2D eigenvalue weighted by atomic mass is 16.1. The first kappa shape index (κ1) is 11.5. The maximum Gasteiger partial charge on any atom is 0.219 e. The number of hydrogen-bond acceptors (Lipinski definition) is 1. The van der Waals surface area contributed by atoms with E-state index < -0.39 is 0 Å². The summed E-state index contributed by atoms with van der Waals surface area (Å²) in [4.78, 5) is 11.3. The monoisotopic (exact) mass is 228 g/mol. The lowest BCUT2D eigenvalue weighted by Gasteiger charge is -2.11.